The molecule has 1 rings (SSSR count). The van der Waals surface area contributed by atoms with Crippen molar-refractivity contribution in [1.82, 2.24) is 0 Å². The zero-order valence-electron chi connectivity index (χ0n) is 39.6. The first-order valence-corrected chi connectivity index (χ1v) is 26.6. The molecule has 6 unspecified atom stereocenters. The lowest BCUT2D eigenvalue weighted by Crippen LogP contribution is -2.60. The first kappa shape index (κ1) is 59.3. The summed E-state index contributed by atoms with van der Waals surface area (Å²) in [4.78, 5) is 12.9. The summed E-state index contributed by atoms with van der Waals surface area (Å²) in [5.41, 5.74) is 0. The van der Waals surface area contributed by atoms with Crippen molar-refractivity contribution in [3.05, 3.63) is 36.5 Å². The molecule has 370 valence electrons. The van der Waals surface area contributed by atoms with Gasteiger partial charge < -0.3 is 34.3 Å². The second kappa shape index (κ2) is 41.7. The first-order valence-electron chi connectivity index (χ1n) is 25.2. The van der Waals surface area contributed by atoms with Crippen LogP contribution in [0.25, 0.3) is 0 Å². The van der Waals surface area contributed by atoms with Gasteiger partial charge in [-0.3, -0.25) is 9.35 Å². The third kappa shape index (κ3) is 35.2. The van der Waals surface area contributed by atoms with E-state index in [1.165, 1.54) is 122 Å². The predicted octanol–water partition coefficient (Wildman–Crippen LogP) is 11.4. The molecule has 1 saturated heterocycles. The van der Waals surface area contributed by atoms with Crippen LogP contribution in [0.15, 0.2) is 36.5 Å². The standard InChI is InChI=1S/C50H92O12S/c1-3-5-7-9-11-13-15-17-19-20-21-22-23-24-25-27-29-31-33-35-37-39-46(52)60-44(43-59-50-48(54)49(62-63(55,56)57)47(53)45(41-51)61-50)42-58-40-38-36-34-32-30-28-26-18-16-14-12-10-8-6-4-2/h10,12,16,18,20-21,44-45,47-51,53-54H,3-9,11,13-15,17,19,22-43H2,1-2H3,(H,55,56,57)/b12-10-,18-16-,21-20-. The number of carbonyl (C=O) groups is 1. The maximum absolute atomic E-state index is 12.9. The van der Waals surface area contributed by atoms with E-state index >= 15 is 0 Å². The number of rotatable bonds is 44. The molecule has 4 N–H and O–H groups in total. The highest BCUT2D eigenvalue weighted by atomic mass is 32.3. The van der Waals surface area contributed by atoms with Crippen molar-refractivity contribution >= 4 is 16.4 Å². The highest BCUT2D eigenvalue weighted by Crippen LogP contribution is 2.26. The molecule has 0 aromatic carbocycles. The lowest BCUT2D eigenvalue weighted by atomic mass is 9.99. The Hall–Kier alpha value is -1.68. The van der Waals surface area contributed by atoms with Gasteiger partial charge >= 0.3 is 16.4 Å². The SMILES string of the molecule is CCCC/C=C\C/C=C\CCCCCCCCOCC(COC1OC(CO)C(O)C(OS(=O)(=O)O)C1O)OC(=O)CCCCCCCCCCC/C=C\CCCCCCCCCC. The Labute approximate surface area is 383 Å². The molecule has 1 aliphatic rings. The molecule has 0 saturated carbocycles. The van der Waals surface area contributed by atoms with Gasteiger partial charge in [0, 0.05) is 13.0 Å². The monoisotopic (exact) mass is 917 g/mol. The molecule has 6 atom stereocenters. The quantitative estimate of drug-likeness (QED) is 0.0197. The normalized spacial score (nSPS) is 20.1. The fourth-order valence-corrected chi connectivity index (χ4v) is 8.13. The second-order valence-corrected chi connectivity index (χ2v) is 18.4. The van der Waals surface area contributed by atoms with Crippen molar-refractivity contribution in [1.29, 1.82) is 0 Å². The predicted molar refractivity (Wildman–Crippen MR) is 253 cm³/mol. The minimum atomic E-state index is -5.06. The highest BCUT2D eigenvalue weighted by molar-refractivity contribution is 7.80. The van der Waals surface area contributed by atoms with E-state index in [1.807, 2.05) is 0 Å². The third-order valence-electron chi connectivity index (χ3n) is 11.5. The second-order valence-electron chi connectivity index (χ2n) is 17.4. The molecule has 1 heterocycles. The fraction of sp³-hybridized carbons (Fsp3) is 0.860. The van der Waals surface area contributed by atoms with E-state index in [-0.39, 0.29) is 19.6 Å². The largest absolute Gasteiger partial charge is 0.457 e. The number of ether oxygens (including phenoxy) is 4. The number of aliphatic hydroxyl groups is 3. The van der Waals surface area contributed by atoms with Crippen LogP contribution < -0.4 is 0 Å². The fourth-order valence-electron chi connectivity index (χ4n) is 7.63. The van der Waals surface area contributed by atoms with Crippen LogP contribution in [0.1, 0.15) is 213 Å². The van der Waals surface area contributed by atoms with Gasteiger partial charge in [-0.25, -0.2) is 4.18 Å². The molecule has 0 spiro atoms. The summed E-state index contributed by atoms with van der Waals surface area (Å²) in [5, 5.41) is 30.7. The van der Waals surface area contributed by atoms with Crippen LogP contribution in [-0.2, 0) is 38.3 Å². The van der Waals surface area contributed by atoms with Crippen LogP contribution in [0.5, 0.6) is 0 Å². The van der Waals surface area contributed by atoms with Crippen molar-refractivity contribution < 1.29 is 56.2 Å². The van der Waals surface area contributed by atoms with E-state index < -0.39 is 59.8 Å². The van der Waals surface area contributed by atoms with Gasteiger partial charge in [0.25, 0.3) is 0 Å². The number of hydrogen-bond donors (Lipinski definition) is 4. The van der Waals surface area contributed by atoms with Crippen LogP contribution >= 0.6 is 0 Å². The summed E-state index contributed by atoms with van der Waals surface area (Å²) in [6.45, 7) is 3.94. The molecular formula is C50H92O12S. The molecule has 1 aliphatic heterocycles. The van der Waals surface area contributed by atoms with E-state index in [4.69, 9.17) is 18.9 Å². The Bertz CT molecular complexity index is 1240. The van der Waals surface area contributed by atoms with Crippen LogP contribution in [-0.4, -0.2) is 97.5 Å². The summed E-state index contributed by atoms with van der Waals surface area (Å²) in [7, 11) is -5.06. The third-order valence-corrected chi connectivity index (χ3v) is 12.0. The number of unbranched alkanes of at least 4 members (excludes halogenated alkanes) is 25. The molecule has 0 aliphatic carbocycles. The van der Waals surface area contributed by atoms with Crippen molar-refractivity contribution in [2.45, 2.75) is 250 Å². The summed E-state index contributed by atoms with van der Waals surface area (Å²) in [6.07, 6.45) is 40.3. The zero-order chi connectivity index (χ0) is 46.1. The van der Waals surface area contributed by atoms with Crippen molar-refractivity contribution in [2.75, 3.05) is 26.4 Å². The van der Waals surface area contributed by atoms with Crippen molar-refractivity contribution in [3.63, 3.8) is 0 Å². The number of esters is 1. The summed E-state index contributed by atoms with van der Waals surface area (Å²) in [6, 6.07) is 0. The number of allylic oxidation sites excluding steroid dienone is 6. The highest BCUT2D eigenvalue weighted by Gasteiger charge is 2.48. The lowest BCUT2D eigenvalue weighted by molar-refractivity contribution is -0.301. The Balaban J connectivity index is 2.36. The summed E-state index contributed by atoms with van der Waals surface area (Å²) in [5.74, 6) is -0.404. The van der Waals surface area contributed by atoms with E-state index in [2.05, 4.69) is 54.5 Å². The molecule has 1 fully saturated rings. The molecular weight excluding hydrogens is 825 g/mol. The van der Waals surface area contributed by atoms with Gasteiger partial charge in [0.15, 0.2) is 6.29 Å². The van der Waals surface area contributed by atoms with Crippen LogP contribution in [0.2, 0.25) is 0 Å². The van der Waals surface area contributed by atoms with Gasteiger partial charge in [-0.05, 0) is 64.2 Å². The molecule has 0 bridgehead atoms. The van der Waals surface area contributed by atoms with Gasteiger partial charge in [0.05, 0.1) is 19.8 Å². The van der Waals surface area contributed by atoms with E-state index in [9.17, 15) is 33.1 Å². The Morgan fingerprint density at radius 3 is 1.57 bits per heavy atom. The minimum absolute atomic E-state index is 0.0290. The lowest BCUT2D eigenvalue weighted by Gasteiger charge is -2.41. The Morgan fingerprint density at radius 2 is 1.06 bits per heavy atom. The molecule has 0 radical (unpaired) electrons. The number of hydrogen-bond acceptors (Lipinski definition) is 11. The van der Waals surface area contributed by atoms with Gasteiger partial charge in [0.2, 0.25) is 0 Å². The maximum Gasteiger partial charge on any atom is 0.397 e. The first-order chi connectivity index (χ1) is 30.6. The van der Waals surface area contributed by atoms with E-state index in [0.717, 1.165) is 64.2 Å². The average molecular weight is 917 g/mol. The molecule has 0 aromatic rings. The van der Waals surface area contributed by atoms with Gasteiger partial charge in [-0.2, -0.15) is 8.42 Å². The Kier molecular flexibility index (Phi) is 39.3. The van der Waals surface area contributed by atoms with Crippen molar-refractivity contribution in [3.8, 4) is 0 Å². The van der Waals surface area contributed by atoms with Crippen LogP contribution in [0, 0.1) is 0 Å². The van der Waals surface area contributed by atoms with Gasteiger partial charge in [-0.1, -0.05) is 179 Å². The topological polar surface area (TPSA) is 178 Å². The molecule has 12 nitrogen and oxygen atoms in total. The zero-order valence-corrected chi connectivity index (χ0v) is 40.5. The number of carbonyl (C=O) groups excluding carboxylic acids is 1. The van der Waals surface area contributed by atoms with E-state index in [0.29, 0.717) is 13.0 Å². The molecule has 0 amide bonds. The van der Waals surface area contributed by atoms with Gasteiger partial charge in [-0.15, -0.1) is 0 Å². The smallest absolute Gasteiger partial charge is 0.397 e. The van der Waals surface area contributed by atoms with Crippen LogP contribution in [0.4, 0.5) is 0 Å². The molecule has 63 heavy (non-hydrogen) atoms. The summed E-state index contributed by atoms with van der Waals surface area (Å²) < 4.78 is 59.2. The summed E-state index contributed by atoms with van der Waals surface area (Å²) >= 11 is 0. The minimum Gasteiger partial charge on any atom is -0.457 e. The van der Waals surface area contributed by atoms with Crippen LogP contribution in [0.3, 0.4) is 0 Å². The van der Waals surface area contributed by atoms with Crippen molar-refractivity contribution in [2.24, 2.45) is 0 Å². The average Bonchev–Trinajstić information content (AvgIpc) is 3.26. The molecule has 0 aromatic heterocycles. The van der Waals surface area contributed by atoms with Gasteiger partial charge in [0.1, 0.15) is 30.5 Å². The molecule has 13 heteroatoms. The van der Waals surface area contributed by atoms with E-state index in [1.54, 1.807) is 0 Å². The maximum atomic E-state index is 12.9. The Morgan fingerprint density at radius 1 is 0.603 bits per heavy atom. The number of aliphatic hydroxyl groups excluding tert-OH is 3.